The maximum Gasteiger partial charge on any atom is 0.0777 e. The Labute approximate surface area is 115 Å². The summed E-state index contributed by atoms with van der Waals surface area (Å²) in [6.45, 7) is 5.67. The largest absolute Gasteiger partial charge is 0.389 e. The molecule has 2 N–H and O–H groups in total. The number of benzene rings is 1. The molecule has 1 saturated heterocycles. The summed E-state index contributed by atoms with van der Waals surface area (Å²) < 4.78 is 0.839. The second kappa shape index (κ2) is 5.57. The molecule has 1 fully saturated rings. The monoisotopic (exact) mass is 318 g/mol. The van der Waals surface area contributed by atoms with Crippen LogP contribution in [0, 0.1) is 0 Å². The molecule has 1 aromatic carbocycles. The minimum atomic E-state index is -0.554. The van der Waals surface area contributed by atoms with Gasteiger partial charge in [0.2, 0.25) is 0 Å². The van der Waals surface area contributed by atoms with Crippen LogP contribution < -0.4 is 10.2 Å². The van der Waals surface area contributed by atoms with Gasteiger partial charge in [-0.15, -0.1) is 0 Å². The topological polar surface area (TPSA) is 35.5 Å². The van der Waals surface area contributed by atoms with E-state index in [9.17, 15) is 5.11 Å². The van der Waals surface area contributed by atoms with E-state index in [4.69, 9.17) is 11.6 Å². The van der Waals surface area contributed by atoms with Crippen molar-refractivity contribution in [2.45, 2.75) is 13.0 Å². The van der Waals surface area contributed by atoms with Crippen molar-refractivity contribution in [3.8, 4) is 0 Å². The van der Waals surface area contributed by atoms with Gasteiger partial charge >= 0.3 is 0 Å². The van der Waals surface area contributed by atoms with E-state index in [1.165, 1.54) is 0 Å². The highest BCUT2D eigenvalue weighted by atomic mass is 79.9. The molecule has 2 rings (SSSR count). The van der Waals surface area contributed by atoms with Gasteiger partial charge < -0.3 is 15.3 Å². The molecule has 1 aromatic rings. The van der Waals surface area contributed by atoms with E-state index >= 15 is 0 Å². The van der Waals surface area contributed by atoms with Crippen LogP contribution in [0.1, 0.15) is 18.6 Å². The van der Waals surface area contributed by atoms with Crippen molar-refractivity contribution < 1.29 is 5.11 Å². The summed E-state index contributed by atoms with van der Waals surface area (Å²) in [6.07, 6.45) is -0.554. The summed E-state index contributed by atoms with van der Waals surface area (Å²) in [5.74, 6) is 0. The lowest BCUT2D eigenvalue weighted by Gasteiger charge is -2.30. The van der Waals surface area contributed by atoms with Crippen LogP contribution in [-0.4, -0.2) is 31.3 Å². The number of halogens is 2. The summed E-state index contributed by atoms with van der Waals surface area (Å²) in [4.78, 5) is 2.30. The molecule has 1 heterocycles. The average molecular weight is 320 g/mol. The van der Waals surface area contributed by atoms with Gasteiger partial charge in [-0.1, -0.05) is 11.6 Å². The number of aliphatic hydroxyl groups is 1. The van der Waals surface area contributed by atoms with E-state index in [1.54, 1.807) is 6.92 Å². The fraction of sp³-hybridized carbons (Fsp3) is 0.500. The van der Waals surface area contributed by atoms with E-state index in [0.29, 0.717) is 5.02 Å². The van der Waals surface area contributed by atoms with E-state index in [2.05, 4.69) is 26.1 Å². The van der Waals surface area contributed by atoms with Gasteiger partial charge in [-0.05, 0) is 35.0 Å². The molecule has 0 radical (unpaired) electrons. The van der Waals surface area contributed by atoms with Crippen molar-refractivity contribution in [3.63, 3.8) is 0 Å². The number of anilines is 1. The lowest BCUT2D eigenvalue weighted by atomic mass is 10.1. The Morgan fingerprint density at radius 1 is 1.41 bits per heavy atom. The summed E-state index contributed by atoms with van der Waals surface area (Å²) >= 11 is 9.61. The first-order valence-corrected chi connectivity index (χ1v) is 6.89. The van der Waals surface area contributed by atoms with Gasteiger partial charge in [-0.2, -0.15) is 0 Å². The second-order valence-electron chi connectivity index (χ2n) is 4.24. The highest BCUT2D eigenvalue weighted by Crippen LogP contribution is 2.35. The number of nitrogens with zero attached hydrogens (tertiary/aromatic N) is 1. The minimum absolute atomic E-state index is 0.554. The van der Waals surface area contributed by atoms with Crippen LogP contribution in [0.5, 0.6) is 0 Å². The van der Waals surface area contributed by atoms with Crippen LogP contribution in [0.2, 0.25) is 5.02 Å². The smallest absolute Gasteiger partial charge is 0.0777 e. The van der Waals surface area contributed by atoms with Crippen molar-refractivity contribution >= 4 is 33.2 Å². The standard InChI is InChI=1S/C12H16BrClN2O/c1-8(17)10-6-9(7-11(13)12(10)14)16-4-2-15-3-5-16/h6-8,15,17H,2-5H2,1H3. The summed E-state index contributed by atoms with van der Waals surface area (Å²) in [7, 11) is 0. The van der Waals surface area contributed by atoms with Crippen molar-refractivity contribution in [1.29, 1.82) is 0 Å². The van der Waals surface area contributed by atoms with E-state index < -0.39 is 6.10 Å². The zero-order valence-corrected chi connectivity index (χ0v) is 12.1. The number of hydrogen-bond donors (Lipinski definition) is 2. The Balaban J connectivity index is 2.34. The number of aliphatic hydroxyl groups excluding tert-OH is 1. The lowest BCUT2D eigenvalue weighted by molar-refractivity contribution is 0.199. The highest BCUT2D eigenvalue weighted by molar-refractivity contribution is 9.10. The van der Waals surface area contributed by atoms with Gasteiger partial charge in [-0.25, -0.2) is 0 Å². The van der Waals surface area contributed by atoms with E-state index in [-0.39, 0.29) is 0 Å². The Morgan fingerprint density at radius 3 is 2.65 bits per heavy atom. The Bertz CT molecular complexity index is 406. The highest BCUT2D eigenvalue weighted by Gasteiger charge is 2.16. The molecule has 0 amide bonds. The zero-order chi connectivity index (χ0) is 12.4. The van der Waals surface area contributed by atoms with Crippen molar-refractivity contribution in [2.24, 2.45) is 0 Å². The summed E-state index contributed by atoms with van der Waals surface area (Å²) in [5, 5.41) is 13.6. The van der Waals surface area contributed by atoms with Gasteiger partial charge in [0.05, 0.1) is 11.1 Å². The predicted molar refractivity (Wildman–Crippen MR) is 74.9 cm³/mol. The summed E-state index contributed by atoms with van der Waals surface area (Å²) in [5.41, 5.74) is 1.88. The minimum Gasteiger partial charge on any atom is -0.389 e. The van der Waals surface area contributed by atoms with Crippen molar-refractivity contribution in [3.05, 3.63) is 27.2 Å². The number of rotatable bonds is 2. The van der Waals surface area contributed by atoms with E-state index in [1.807, 2.05) is 12.1 Å². The van der Waals surface area contributed by atoms with Gasteiger partial charge in [0.1, 0.15) is 0 Å². The predicted octanol–water partition coefficient (Wildman–Crippen LogP) is 2.57. The van der Waals surface area contributed by atoms with Gasteiger partial charge in [0.15, 0.2) is 0 Å². The van der Waals surface area contributed by atoms with Crippen molar-refractivity contribution in [2.75, 3.05) is 31.1 Å². The SMILES string of the molecule is CC(O)c1cc(N2CCNCC2)cc(Br)c1Cl. The first-order valence-electron chi connectivity index (χ1n) is 5.72. The third-order valence-corrected chi connectivity index (χ3v) is 4.25. The van der Waals surface area contributed by atoms with Gasteiger partial charge in [0, 0.05) is 41.9 Å². The molecule has 1 unspecified atom stereocenters. The van der Waals surface area contributed by atoms with Crippen LogP contribution in [-0.2, 0) is 0 Å². The zero-order valence-electron chi connectivity index (χ0n) is 9.71. The van der Waals surface area contributed by atoms with Crippen LogP contribution in [0.4, 0.5) is 5.69 Å². The molecular weight excluding hydrogens is 304 g/mol. The molecular formula is C12H16BrClN2O. The molecule has 1 aliphatic rings. The molecule has 94 valence electrons. The number of hydrogen-bond acceptors (Lipinski definition) is 3. The fourth-order valence-corrected chi connectivity index (χ4v) is 2.74. The molecule has 3 nitrogen and oxygen atoms in total. The third kappa shape index (κ3) is 2.94. The maximum atomic E-state index is 9.72. The second-order valence-corrected chi connectivity index (χ2v) is 5.48. The Kier molecular flexibility index (Phi) is 4.31. The van der Waals surface area contributed by atoms with Crippen LogP contribution in [0.3, 0.4) is 0 Å². The molecule has 1 atom stereocenters. The van der Waals surface area contributed by atoms with Crippen LogP contribution in [0.25, 0.3) is 0 Å². The maximum absolute atomic E-state index is 9.72. The molecule has 0 bridgehead atoms. The molecule has 0 aliphatic carbocycles. The summed E-state index contributed by atoms with van der Waals surface area (Å²) in [6, 6.07) is 3.99. The number of piperazine rings is 1. The van der Waals surface area contributed by atoms with Gasteiger partial charge in [0.25, 0.3) is 0 Å². The van der Waals surface area contributed by atoms with Crippen LogP contribution in [0.15, 0.2) is 16.6 Å². The average Bonchev–Trinajstić information content (AvgIpc) is 2.33. The molecule has 17 heavy (non-hydrogen) atoms. The molecule has 1 aliphatic heterocycles. The molecule has 5 heteroatoms. The van der Waals surface area contributed by atoms with E-state index in [0.717, 1.165) is 41.9 Å². The third-order valence-electron chi connectivity index (χ3n) is 2.97. The normalized spacial score (nSPS) is 18.2. The van der Waals surface area contributed by atoms with Crippen molar-refractivity contribution in [1.82, 2.24) is 5.32 Å². The molecule has 0 saturated carbocycles. The number of nitrogens with one attached hydrogen (secondary N) is 1. The first kappa shape index (κ1) is 13.1. The van der Waals surface area contributed by atoms with Gasteiger partial charge in [-0.3, -0.25) is 0 Å². The first-order chi connectivity index (χ1) is 8.09. The quantitative estimate of drug-likeness (QED) is 0.879. The van der Waals surface area contributed by atoms with Crippen LogP contribution >= 0.6 is 27.5 Å². The lowest BCUT2D eigenvalue weighted by Crippen LogP contribution is -2.43. The fourth-order valence-electron chi connectivity index (χ4n) is 2.01. The Hall–Kier alpha value is -0.290. The molecule has 0 aromatic heterocycles. The molecule has 0 spiro atoms. The Morgan fingerprint density at radius 2 is 2.06 bits per heavy atom.